The van der Waals surface area contributed by atoms with Gasteiger partial charge in [0.25, 0.3) is 0 Å². The van der Waals surface area contributed by atoms with Gasteiger partial charge in [-0.1, -0.05) is 0 Å². The lowest BCUT2D eigenvalue weighted by Crippen LogP contribution is -2.25. The van der Waals surface area contributed by atoms with Crippen LogP contribution in [0.15, 0.2) is 17.2 Å². The van der Waals surface area contributed by atoms with E-state index in [1.807, 2.05) is 0 Å². The minimum absolute atomic E-state index is 0.197. The van der Waals surface area contributed by atoms with E-state index in [9.17, 15) is 8.42 Å². The van der Waals surface area contributed by atoms with Crippen molar-refractivity contribution < 1.29 is 8.42 Å². The highest BCUT2D eigenvalue weighted by Gasteiger charge is 2.22. The van der Waals surface area contributed by atoms with Gasteiger partial charge in [0.1, 0.15) is 4.90 Å². The number of aryl methyl sites for hydroxylation is 3. The van der Waals surface area contributed by atoms with Crippen LogP contribution in [0.1, 0.15) is 17.1 Å². The second-order valence-corrected chi connectivity index (χ2v) is 5.74. The van der Waals surface area contributed by atoms with Crippen molar-refractivity contribution in [3.63, 3.8) is 0 Å². The monoisotopic (exact) mass is 269 g/mol. The van der Waals surface area contributed by atoms with E-state index in [1.54, 1.807) is 37.8 Å². The zero-order chi connectivity index (χ0) is 13.3. The summed E-state index contributed by atoms with van der Waals surface area (Å²) in [6, 6.07) is 1.76. The summed E-state index contributed by atoms with van der Waals surface area (Å²) in [5.41, 5.74) is 1.78. The van der Waals surface area contributed by atoms with Crippen LogP contribution in [0.4, 0.5) is 0 Å². The van der Waals surface area contributed by atoms with E-state index in [0.29, 0.717) is 11.4 Å². The number of nitrogens with one attached hydrogen (secondary N) is 2. The molecule has 0 atom stereocenters. The van der Waals surface area contributed by atoms with E-state index in [0.717, 1.165) is 5.69 Å². The Kier molecular flexibility index (Phi) is 3.22. The van der Waals surface area contributed by atoms with Gasteiger partial charge in [0, 0.05) is 13.2 Å². The molecule has 0 aliphatic carbocycles. The zero-order valence-electron chi connectivity index (χ0n) is 10.4. The third-order valence-corrected chi connectivity index (χ3v) is 4.36. The topological polar surface area (TPSA) is 92.7 Å². The standard InChI is InChI=1S/C10H15N5O2S/c1-7-10(8(2)14-13-7)18(16,17)12-6-9-4-5-11-15(9)3/h4-5,12H,6H2,1-3H3,(H,13,14). The highest BCUT2D eigenvalue weighted by molar-refractivity contribution is 7.89. The molecule has 0 fully saturated rings. The summed E-state index contributed by atoms with van der Waals surface area (Å²) in [4.78, 5) is 0.213. The van der Waals surface area contributed by atoms with Gasteiger partial charge < -0.3 is 0 Å². The summed E-state index contributed by atoms with van der Waals surface area (Å²) in [7, 11) is -1.79. The molecule has 2 heterocycles. The second kappa shape index (κ2) is 4.54. The molecule has 18 heavy (non-hydrogen) atoms. The van der Waals surface area contributed by atoms with Crippen molar-refractivity contribution in [1.82, 2.24) is 24.7 Å². The Balaban J connectivity index is 2.21. The summed E-state index contributed by atoms with van der Waals surface area (Å²) < 4.78 is 28.4. The van der Waals surface area contributed by atoms with Crippen LogP contribution in [0.2, 0.25) is 0 Å². The first-order valence-corrected chi connectivity index (χ1v) is 6.88. The fraction of sp³-hybridized carbons (Fsp3) is 0.400. The minimum atomic E-state index is -3.56. The van der Waals surface area contributed by atoms with E-state index in [4.69, 9.17) is 0 Å². The van der Waals surface area contributed by atoms with E-state index in [-0.39, 0.29) is 11.4 Å². The molecule has 7 nitrogen and oxygen atoms in total. The molecule has 0 bridgehead atoms. The van der Waals surface area contributed by atoms with E-state index < -0.39 is 10.0 Å². The van der Waals surface area contributed by atoms with Crippen molar-refractivity contribution in [2.75, 3.05) is 0 Å². The quantitative estimate of drug-likeness (QED) is 0.831. The molecular formula is C10H15N5O2S. The van der Waals surface area contributed by atoms with Gasteiger partial charge in [-0.05, 0) is 19.9 Å². The number of sulfonamides is 1. The molecule has 8 heteroatoms. The summed E-state index contributed by atoms with van der Waals surface area (Å²) in [5, 5.41) is 10.5. The number of rotatable bonds is 4. The molecule has 98 valence electrons. The first-order chi connectivity index (χ1) is 8.42. The van der Waals surface area contributed by atoms with Crippen molar-refractivity contribution in [1.29, 1.82) is 0 Å². The number of hydrogen-bond acceptors (Lipinski definition) is 4. The molecule has 0 aromatic carbocycles. The molecule has 0 aliphatic rings. The molecule has 0 saturated carbocycles. The van der Waals surface area contributed by atoms with E-state index in [2.05, 4.69) is 20.0 Å². The van der Waals surface area contributed by atoms with Crippen LogP contribution in [0.3, 0.4) is 0 Å². The highest BCUT2D eigenvalue weighted by atomic mass is 32.2. The Hall–Kier alpha value is -1.67. The molecule has 0 unspecified atom stereocenters. The summed E-state index contributed by atoms with van der Waals surface area (Å²) >= 11 is 0. The lowest BCUT2D eigenvalue weighted by Gasteiger charge is -2.07. The van der Waals surface area contributed by atoms with E-state index in [1.165, 1.54) is 0 Å². The predicted octanol–water partition coefficient (Wildman–Crippen LogP) is 0.239. The number of aromatic nitrogens is 4. The first kappa shape index (κ1) is 12.8. The van der Waals surface area contributed by atoms with Gasteiger partial charge in [-0.2, -0.15) is 10.2 Å². The third kappa shape index (κ3) is 2.29. The zero-order valence-corrected chi connectivity index (χ0v) is 11.2. The molecule has 0 spiro atoms. The average Bonchev–Trinajstić information content (AvgIpc) is 2.83. The van der Waals surface area contributed by atoms with Crippen LogP contribution in [0.25, 0.3) is 0 Å². The van der Waals surface area contributed by atoms with Crippen LogP contribution in [0, 0.1) is 13.8 Å². The molecule has 0 radical (unpaired) electrons. The predicted molar refractivity (Wildman–Crippen MR) is 65.3 cm³/mol. The van der Waals surface area contributed by atoms with Crippen LogP contribution in [-0.4, -0.2) is 28.4 Å². The minimum Gasteiger partial charge on any atom is -0.281 e. The Labute approximate surface area is 105 Å². The van der Waals surface area contributed by atoms with Crippen molar-refractivity contribution >= 4 is 10.0 Å². The largest absolute Gasteiger partial charge is 0.281 e. The molecule has 0 saturated heterocycles. The lowest BCUT2D eigenvalue weighted by atomic mass is 10.4. The Morgan fingerprint density at radius 2 is 2.17 bits per heavy atom. The van der Waals surface area contributed by atoms with Crippen molar-refractivity contribution in [2.24, 2.45) is 7.05 Å². The Bertz CT molecular complexity index is 636. The van der Waals surface area contributed by atoms with Crippen molar-refractivity contribution in [3.05, 3.63) is 29.3 Å². The van der Waals surface area contributed by atoms with Gasteiger partial charge in [-0.15, -0.1) is 0 Å². The maximum absolute atomic E-state index is 12.1. The maximum atomic E-state index is 12.1. The van der Waals surface area contributed by atoms with Gasteiger partial charge in [0.2, 0.25) is 10.0 Å². The lowest BCUT2D eigenvalue weighted by molar-refractivity contribution is 0.576. The number of nitrogens with zero attached hydrogens (tertiary/aromatic N) is 3. The van der Waals surface area contributed by atoms with Crippen LogP contribution >= 0.6 is 0 Å². The van der Waals surface area contributed by atoms with Gasteiger partial charge >= 0.3 is 0 Å². The fourth-order valence-electron chi connectivity index (χ4n) is 1.75. The molecular weight excluding hydrogens is 254 g/mol. The maximum Gasteiger partial charge on any atom is 0.244 e. The second-order valence-electron chi connectivity index (χ2n) is 4.03. The Morgan fingerprint density at radius 1 is 1.44 bits per heavy atom. The third-order valence-electron chi connectivity index (χ3n) is 2.70. The molecule has 0 aliphatic heterocycles. The molecule has 2 aromatic heterocycles. The van der Waals surface area contributed by atoms with Crippen LogP contribution < -0.4 is 4.72 Å². The van der Waals surface area contributed by atoms with Crippen LogP contribution in [-0.2, 0) is 23.6 Å². The average molecular weight is 269 g/mol. The van der Waals surface area contributed by atoms with Crippen molar-refractivity contribution in [2.45, 2.75) is 25.3 Å². The molecule has 2 aromatic rings. The summed E-state index contributed by atoms with van der Waals surface area (Å²) in [6.07, 6.45) is 1.62. The van der Waals surface area contributed by atoms with Gasteiger partial charge in [-0.3, -0.25) is 9.78 Å². The molecule has 2 N–H and O–H groups in total. The highest BCUT2D eigenvalue weighted by Crippen LogP contribution is 2.16. The first-order valence-electron chi connectivity index (χ1n) is 5.40. The SMILES string of the molecule is Cc1n[nH]c(C)c1S(=O)(=O)NCc1ccnn1C. The van der Waals surface area contributed by atoms with Gasteiger partial charge in [-0.25, -0.2) is 13.1 Å². The van der Waals surface area contributed by atoms with Gasteiger partial charge in [0.05, 0.1) is 23.6 Å². The molecule has 0 amide bonds. The molecule has 2 rings (SSSR count). The van der Waals surface area contributed by atoms with Gasteiger partial charge in [0.15, 0.2) is 0 Å². The van der Waals surface area contributed by atoms with E-state index >= 15 is 0 Å². The van der Waals surface area contributed by atoms with Crippen molar-refractivity contribution in [3.8, 4) is 0 Å². The number of hydrogen-bond donors (Lipinski definition) is 2. The summed E-state index contributed by atoms with van der Waals surface area (Å²) in [5.74, 6) is 0. The fourth-order valence-corrected chi connectivity index (χ4v) is 3.12. The number of H-pyrrole nitrogens is 1. The normalized spacial score (nSPS) is 11.9. The van der Waals surface area contributed by atoms with Crippen LogP contribution in [0.5, 0.6) is 0 Å². The summed E-state index contributed by atoms with van der Waals surface area (Å²) in [6.45, 7) is 3.53. The smallest absolute Gasteiger partial charge is 0.244 e. The Morgan fingerprint density at radius 3 is 2.67 bits per heavy atom. The number of aromatic amines is 1.